The normalized spacial score (nSPS) is 11.9. The molecule has 2 aromatic rings. The summed E-state index contributed by atoms with van der Waals surface area (Å²) < 4.78 is 0. The highest BCUT2D eigenvalue weighted by atomic mass is 32.2. The van der Waals surface area contributed by atoms with Crippen LogP contribution in [0.2, 0.25) is 0 Å². The van der Waals surface area contributed by atoms with E-state index in [1.165, 1.54) is 18.0 Å². The average Bonchev–Trinajstić information content (AvgIpc) is 2.52. The van der Waals surface area contributed by atoms with Gasteiger partial charge in [0.2, 0.25) is 0 Å². The molecule has 0 saturated carbocycles. The van der Waals surface area contributed by atoms with Crippen LogP contribution >= 0.6 is 11.8 Å². The summed E-state index contributed by atoms with van der Waals surface area (Å²) in [7, 11) is 0. The minimum atomic E-state index is -1.11. The Morgan fingerprint density at radius 2 is 2.10 bits per heavy atom. The standard InChI is InChI=1S/C14H15N3O3S/c1-21-14-16-7-10(13(19)20)12(17-14)15-8-11(18)9-5-3-2-4-6-9/h2-7,11,18H,8H2,1H3,(H,19,20)(H,15,16,17). The Morgan fingerprint density at radius 3 is 2.71 bits per heavy atom. The molecule has 0 fully saturated rings. The monoisotopic (exact) mass is 305 g/mol. The molecule has 0 saturated heterocycles. The third-order valence-electron chi connectivity index (χ3n) is 2.83. The highest BCUT2D eigenvalue weighted by Gasteiger charge is 2.15. The molecule has 0 aliphatic rings. The van der Waals surface area contributed by atoms with Crippen LogP contribution in [0, 0.1) is 0 Å². The first-order valence-electron chi connectivity index (χ1n) is 6.23. The molecular formula is C14H15N3O3S. The van der Waals surface area contributed by atoms with Crippen LogP contribution in [0.25, 0.3) is 0 Å². The lowest BCUT2D eigenvalue weighted by molar-refractivity contribution is 0.0696. The van der Waals surface area contributed by atoms with Gasteiger partial charge < -0.3 is 15.5 Å². The van der Waals surface area contributed by atoms with Crippen molar-refractivity contribution in [3.05, 3.63) is 47.7 Å². The zero-order valence-electron chi connectivity index (χ0n) is 11.4. The third kappa shape index (κ3) is 3.93. The van der Waals surface area contributed by atoms with Gasteiger partial charge in [0.15, 0.2) is 5.16 Å². The summed E-state index contributed by atoms with van der Waals surface area (Å²) in [5, 5.41) is 22.5. The largest absolute Gasteiger partial charge is 0.477 e. The van der Waals surface area contributed by atoms with Crippen molar-refractivity contribution in [2.75, 3.05) is 18.1 Å². The van der Waals surface area contributed by atoms with Crippen LogP contribution in [-0.2, 0) is 0 Å². The van der Waals surface area contributed by atoms with E-state index in [2.05, 4.69) is 15.3 Å². The summed E-state index contributed by atoms with van der Waals surface area (Å²) in [5.41, 5.74) is 0.731. The van der Waals surface area contributed by atoms with Gasteiger partial charge in [0.25, 0.3) is 0 Å². The molecule has 7 heteroatoms. The molecule has 0 aliphatic heterocycles. The van der Waals surface area contributed by atoms with Crippen LogP contribution in [0.3, 0.4) is 0 Å². The van der Waals surface area contributed by atoms with Crippen molar-refractivity contribution in [1.29, 1.82) is 0 Å². The molecule has 1 aromatic heterocycles. The maximum Gasteiger partial charge on any atom is 0.341 e. The highest BCUT2D eigenvalue weighted by Crippen LogP contribution is 2.18. The van der Waals surface area contributed by atoms with Crippen molar-refractivity contribution in [1.82, 2.24) is 9.97 Å². The summed E-state index contributed by atoms with van der Waals surface area (Å²) in [6.07, 6.45) is 2.32. The number of hydrogen-bond donors (Lipinski definition) is 3. The van der Waals surface area contributed by atoms with Crippen LogP contribution in [0.4, 0.5) is 5.82 Å². The predicted molar refractivity (Wildman–Crippen MR) is 80.7 cm³/mol. The third-order valence-corrected chi connectivity index (χ3v) is 3.39. The predicted octanol–water partition coefficient (Wildman–Crippen LogP) is 2.04. The first kappa shape index (κ1) is 15.3. The van der Waals surface area contributed by atoms with E-state index in [-0.39, 0.29) is 17.9 Å². The fourth-order valence-electron chi connectivity index (χ4n) is 1.74. The van der Waals surface area contributed by atoms with Gasteiger partial charge in [0.05, 0.1) is 6.10 Å². The minimum absolute atomic E-state index is 0.0203. The zero-order chi connectivity index (χ0) is 15.2. The SMILES string of the molecule is CSc1ncc(C(=O)O)c(NCC(O)c2ccccc2)n1. The molecular weight excluding hydrogens is 290 g/mol. The van der Waals surface area contributed by atoms with E-state index in [9.17, 15) is 9.90 Å². The zero-order valence-corrected chi connectivity index (χ0v) is 12.2. The summed E-state index contributed by atoms with van der Waals surface area (Å²) >= 11 is 1.32. The van der Waals surface area contributed by atoms with Gasteiger partial charge in [-0.2, -0.15) is 0 Å². The molecule has 110 valence electrons. The Kier molecular flexibility index (Phi) is 5.13. The number of aliphatic hydroxyl groups is 1. The fraction of sp³-hybridized carbons (Fsp3) is 0.214. The van der Waals surface area contributed by atoms with Crippen molar-refractivity contribution in [3.63, 3.8) is 0 Å². The molecule has 1 aromatic carbocycles. The molecule has 1 heterocycles. The number of rotatable bonds is 6. The number of hydrogen-bond acceptors (Lipinski definition) is 6. The van der Waals surface area contributed by atoms with Gasteiger partial charge in [-0.25, -0.2) is 14.8 Å². The molecule has 0 amide bonds. The minimum Gasteiger partial charge on any atom is -0.477 e. The Hall–Kier alpha value is -2.12. The van der Waals surface area contributed by atoms with Crippen LogP contribution in [0.5, 0.6) is 0 Å². The van der Waals surface area contributed by atoms with E-state index in [0.717, 1.165) is 5.56 Å². The van der Waals surface area contributed by atoms with E-state index < -0.39 is 12.1 Å². The quantitative estimate of drug-likeness (QED) is 0.555. The molecule has 0 spiro atoms. The maximum absolute atomic E-state index is 11.1. The highest BCUT2D eigenvalue weighted by molar-refractivity contribution is 7.98. The van der Waals surface area contributed by atoms with Crippen molar-refractivity contribution in [3.8, 4) is 0 Å². The van der Waals surface area contributed by atoms with Gasteiger partial charge in [-0.1, -0.05) is 42.1 Å². The summed E-state index contributed by atoms with van der Waals surface area (Å²) in [6, 6.07) is 9.13. The van der Waals surface area contributed by atoms with Crippen molar-refractivity contribution < 1.29 is 15.0 Å². The number of nitrogens with one attached hydrogen (secondary N) is 1. The average molecular weight is 305 g/mol. The molecule has 3 N–H and O–H groups in total. The lowest BCUT2D eigenvalue weighted by atomic mass is 10.1. The van der Waals surface area contributed by atoms with Gasteiger partial charge in [-0.05, 0) is 11.8 Å². The summed E-state index contributed by atoms with van der Waals surface area (Å²) in [5.74, 6) is -0.906. The number of nitrogens with zero attached hydrogens (tertiary/aromatic N) is 2. The maximum atomic E-state index is 11.1. The van der Waals surface area contributed by atoms with Crippen molar-refractivity contribution >= 4 is 23.5 Å². The topological polar surface area (TPSA) is 95.3 Å². The second-order valence-corrected chi connectivity index (χ2v) is 5.00. The van der Waals surface area contributed by atoms with E-state index in [0.29, 0.717) is 5.16 Å². The number of anilines is 1. The number of aromatic carboxylic acids is 1. The molecule has 0 bridgehead atoms. The number of carboxylic acids is 1. The number of aliphatic hydroxyl groups excluding tert-OH is 1. The van der Waals surface area contributed by atoms with E-state index >= 15 is 0 Å². The molecule has 2 rings (SSSR count). The lowest BCUT2D eigenvalue weighted by Crippen LogP contribution is -2.16. The molecule has 1 atom stereocenters. The van der Waals surface area contributed by atoms with Crippen molar-refractivity contribution in [2.24, 2.45) is 0 Å². The number of benzene rings is 1. The number of carboxylic acid groups (broad SMARTS) is 1. The number of carbonyl (C=O) groups is 1. The second kappa shape index (κ2) is 7.05. The van der Waals surface area contributed by atoms with Gasteiger partial charge in [-0.3, -0.25) is 0 Å². The molecule has 21 heavy (non-hydrogen) atoms. The lowest BCUT2D eigenvalue weighted by Gasteiger charge is -2.14. The molecule has 1 unspecified atom stereocenters. The Labute approximate surface area is 126 Å². The second-order valence-electron chi connectivity index (χ2n) is 4.23. The van der Waals surface area contributed by atoms with Crippen LogP contribution in [0.1, 0.15) is 22.0 Å². The molecule has 6 nitrogen and oxygen atoms in total. The van der Waals surface area contributed by atoms with Crippen LogP contribution in [-0.4, -0.2) is 39.0 Å². The van der Waals surface area contributed by atoms with Crippen molar-refractivity contribution in [2.45, 2.75) is 11.3 Å². The van der Waals surface area contributed by atoms with Gasteiger partial charge >= 0.3 is 5.97 Å². The fourth-order valence-corrected chi connectivity index (χ4v) is 2.08. The first-order chi connectivity index (χ1) is 10.1. The van der Waals surface area contributed by atoms with Gasteiger partial charge in [-0.15, -0.1) is 0 Å². The van der Waals surface area contributed by atoms with Crippen LogP contribution < -0.4 is 5.32 Å². The Balaban J connectivity index is 2.13. The Bertz CT molecular complexity index is 622. The van der Waals surface area contributed by atoms with Gasteiger partial charge in [0, 0.05) is 12.7 Å². The number of thioether (sulfide) groups is 1. The van der Waals surface area contributed by atoms with Gasteiger partial charge in [0.1, 0.15) is 11.4 Å². The smallest absolute Gasteiger partial charge is 0.341 e. The van der Waals surface area contributed by atoms with E-state index in [1.807, 2.05) is 18.2 Å². The molecule has 0 radical (unpaired) electrons. The first-order valence-corrected chi connectivity index (χ1v) is 7.45. The van der Waals surface area contributed by atoms with Crippen LogP contribution in [0.15, 0.2) is 41.7 Å². The van der Waals surface area contributed by atoms with E-state index in [4.69, 9.17) is 5.11 Å². The summed E-state index contributed by atoms with van der Waals surface area (Å²) in [4.78, 5) is 19.2. The summed E-state index contributed by atoms with van der Waals surface area (Å²) in [6.45, 7) is 0.162. The molecule has 0 aliphatic carbocycles. The number of aromatic nitrogens is 2. The van der Waals surface area contributed by atoms with E-state index in [1.54, 1.807) is 18.4 Å². The Morgan fingerprint density at radius 1 is 1.38 bits per heavy atom.